The molecule has 1 heterocycles. The van der Waals surface area contributed by atoms with Gasteiger partial charge in [-0.3, -0.25) is 4.79 Å². The third-order valence-electron chi connectivity index (χ3n) is 4.40. The van der Waals surface area contributed by atoms with Gasteiger partial charge in [-0.1, -0.05) is 24.3 Å². The van der Waals surface area contributed by atoms with Crippen LogP contribution in [0.15, 0.2) is 24.3 Å². The lowest BCUT2D eigenvalue weighted by Gasteiger charge is -2.16. The number of rotatable bonds is 6. The minimum absolute atomic E-state index is 0.132. The summed E-state index contributed by atoms with van der Waals surface area (Å²) in [6.45, 7) is 6.69. The summed E-state index contributed by atoms with van der Waals surface area (Å²) >= 11 is 0. The minimum Gasteiger partial charge on any atom is -0.465 e. The van der Waals surface area contributed by atoms with Crippen molar-refractivity contribution in [1.29, 1.82) is 0 Å². The Bertz CT molecular complexity index is 869. The number of hydrogen-bond acceptors (Lipinski definition) is 5. The zero-order chi connectivity index (χ0) is 20.1. The highest BCUT2D eigenvalue weighted by Gasteiger charge is 2.24. The third kappa shape index (κ3) is 4.55. The number of methoxy groups -OCH3 is 1. The lowest BCUT2D eigenvalue weighted by atomic mass is 10.0. The quantitative estimate of drug-likeness (QED) is 0.760. The number of carbonyl (C=O) groups is 3. The van der Waals surface area contributed by atoms with Gasteiger partial charge >= 0.3 is 11.9 Å². The van der Waals surface area contributed by atoms with Crippen molar-refractivity contribution >= 4 is 17.8 Å². The molecule has 2 N–H and O–H groups in total. The van der Waals surface area contributed by atoms with E-state index in [1.807, 2.05) is 38.1 Å². The van der Waals surface area contributed by atoms with Crippen LogP contribution >= 0.6 is 0 Å². The maximum Gasteiger partial charge on any atom is 0.355 e. The maximum absolute atomic E-state index is 12.3. The van der Waals surface area contributed by atoms with Crippen LogP contribution in [0.2, 0.25) is 0 Å². The fourth-order valence-electron chi connectivity index (χ4n) is 3.00. The molecule has 0 bridgehead atoms. The summed E-state index contributed by atoms with van der Waals surface area (Å²) in [5.74, 6) is -1.65. The molecule has 2 rings (SSSR count). The van der Waals surface area contributed by atoms with Crippen molar-refractivity contribution in [2.24, 2.45) is 0 Å². The molecule has 0 saturated heterocycles. The molecule has 0 aliphatic rings. The number of aromatic amines is 1. The molecular formula is C20H24N2O5. The zero-order valence-corrected chi connectivity index (χ0v) is 16.1. The van der Waals surface area contributed by atoms with Crippen molar-refractivity contribution in [3.8, 4) is 0 Å². The van der Waals surface area contributed by atoms with Gasteiger partial charge in [-0.25, -0.2) is 9.59 Å². The monoisotopic (exact) mass is 372 g/mol. The van der Waals surface area contributed by atoms with Crippen LogP contribution < -0.4 is 5.32 Å². The molecule has 0 radical (unpaired) electrons. The van der Waals surface area contributed by atoms with E-state index >= 15 is 0 Å². The van der Waals surface area contributed by atoms with E-state index in [9.17, 15) is 14.4 Å². The van der Waals surface area contributed by atoms with Crippen LogP contribution in [0, 0.1) is 20.8 Å². The summed E-state index contributed by atoms with van der Waals surface area (Å²) in [5, 5.41) is 2.80. The lowest BCUT2D eigenvalue weighted by Crippen LogP contribution is -2.31. The Kier molecular flexibility index (Phi) is 6.39. The van der Waals surface area contributed by atoms with Crippen molar-refractivity contribution in [1.82, 2.24) is 10.3 Å². The predicted molar refractivity (Wildman–Crippen MR) is 99.6 cm³/mol. The summed E-state index contributed by atoms with van der Waals surface area (Å²) < 4.78 is 9.79. The molecule has 144 valence electrons. The number of benzene rings is 1. The van der Waals surface area contributed by atoms with Crippen molar-refractivity contribution in [3.05, 3.63) is 57.9 Å². The Hall–Kier alpha value is -3.09. The number of H-pyrrole nitrogens is 1. The summed E-state index contributed by atoms with van der Waals surface area (Å²) in [6, 6.07) is 7.52. The summed E-state index contributed by atoms with van der Waals surface area (Å²) in [4.78, 5) is 39.0. The molecular weight excluding hydrogens is 348 g/mol. The first-order valence-electron chi connectivity index (χ1n) is 8.55. The molecule has 1 amide bonds. The van der Waals surface area contributed by atoms with E-state index < -0.39 is 24.5 Å². The average Bonchev–Trinajstić information content (AvgIpc) is 2.93. The lowest BCUT2D eigenvalue weighted by molar-refractivity contribution is -0.124. The van der Waals surface area contributed by atoms with Crippen LogP contribution in [-0.2, 0) is 14.3 Å². The van der Waals surface area contributed by atoms with E-state index in [4.69, 9.17) is 9.47 Å². The second-order valence-corrected chi connectivity index (χ2v) is 6.34. The second-order valence-electron chi connectivity index (χ2n) is 6.34. The molecule has 0 fully saturated rings. The first kappa shape index (κ1) is 20.2. The fourth-order valence-corrected chi connectivity index (χ4v) is 3.00. The molecule has 1 aromatic carbocycles. The molecule has 0 aliphatic carbocycles. The SMILES string of the molecule is COC(=O)c1c(C)[nH]c(C(=O)OCC(=O)N[C@@H](C)c2ccccc2C)c1C. The summed E-state index contributed by atoms with van der Waals surface area (Å²) in [6.07, 6.45) is 0. The number of carbonyl (C=O) groups excluding carboxylic acids is 3. The average molecular weight is 372 g/mol. The predicted octanol–water partition coefficient (Wildman–Crippen LogP) is 2.76. The normalized spacial score (nSPS) is 11.6. The Morgan fingerprint density at radius 1 is 1.11 bits per heavy atom. The third-order valence-corrected chi connectivity index (χ3v) is 4.40. The number of esters is 2. The van der Waals surface area contributed by atoms with Crippen LogP contribution in [-0.4, -0.2) is 36.5 Å². The Morgan fingerprint density at radius 2 is 1.78 bits per heavy atom. The van der Waals surface area contributed by atoms with Crippen LogP contribution in [0.5, 0.6) is 0 Å². The molecule has 2 aromatic rings. The van der Waals surface area contributed by atoms with Crippen LogP contribution in [0.1, 0.15) is 56.2 Å². The van der Waals surface area contributed by atoms with Crippen molar-refractivity contribution in [3.63, 3.8) is 0 Å². The van der Waals surface area contributed by atoms with E-state index in [0.717, 1.165) is 11.1 Å². The number of amides is 1. The largest absolute Gasteiger partial charge is 0.465 e. The summed E-state index contributed by atoms with van der Waals surface area (Å²) in [5.41, 5.74) is 3.42. The van der Waals surface area contributed by atoms with Gasteiger partial charge in [-0.15, -0.1) is 0 Å². The number of ether oxygens (including phenoxy) is 2. The minimum atomic E-state index is -0.704. The van der Waals surface area contributed by atoms with E-state index in [2.05, 4.69) is 10.3 Å². The van der Waals surface area contributed by atoms with Gasteiger partial charge in [-0.05, 0) is 44.4 Å². The van der Waals surface area contributed by atoms with Gasteiger partial charge in [0.15, 0.2) is 6.61 Å². The Morgan fingerprint density at radius 3 is 2.41 bits per heavy atom. The molecule has 7 heteroatoms. The van der Waals surface area contributed by atoms with Gasteiger partial charge in [0.2, 0.25) is 0 Å². The van der Waals surface area contributed by atoms with E-state index in [1.54, 1.807) is 13.8 Å². The van der Waals surface area contributed by atoms with Gasteiger partial charge in [0, 0.05) is 5.69 Å². The van der Waals surface area contributed by atoms with Crippen molar-refractivity contribution in [2.45, 2.75) is 33.7 Å². The summed E-state index contributed by atoms with van der Waals surface area (Å²) in [7, 11) is 1.27. The molecule has 1 aromatic heterocycles. The van der Waals surface area contributed by atoms with Crippen molar-refractivity contribution in [2.75, 3.05) is 13.7 Å². The van der Waals surface area contributed by atoms with Crippen LogP contribution in [0.4, 0.5) is 0 Å². The molecule has 0 aliphatic heterocycles. The first-order valence-corrected chi connectivity index (χ1v) is 8.55. The van der Waals surface area contributed by atoms with Gasteiger partial charge in [-0.2, -0.15) is 0 Å². The van der Waals surface area contributed by atoms with Crippen molar-refractivity contribution < 1.29 is 23.9 Å². The Labute approximate surface area is 158 Å². The number of aromatic nitrogens is 1. The smallest absolute Gasteiger partial charge is 0.355 e. The van der Waals surface area contributed by atoms with Crippen LogP contribution in [0.3, 0.4) is 0 Å². The molecule has 7 nitrogen and oxygen atoms in total. The standard InChI is InChI=1S/C20H24N2O5/c1-11-8-6-7-9-15(11)13(3)21-16(23)10-27-20(25)18-12(2)17(14(4)22-18)19(24)26-5/h6-9,13,22H,10H2,1-5H3,(H,21,23)/t13-/m0/s1. The van der Waals surface area contributed by atoms with Gasteiger partial charge in [0.05, 0.1) is 18.7 Å². The highest BCUT2D eigenvalue weighted by molar-refractivity contribution is 5.99. The number of aryl methyl sites for hydroxylation is 2. The van der Waals surface area contributed by atoms with Crippen LogP contribution in [0.25, 0.3) is 0 Å². The molecule has 0 saturated carbocycles. The molecule has 0 spiro atoms. The first-order chi connectivity index (χ1) is 12.8. The highest BCUT2D eigenvalue weighted by Crippen LogP contribution is 2.20. The molecule has 27 heavy (non-hydrogen) atoms. The van der Waals surface area contributed by atoms with Gasteiger partial charge in [0.25, 0.3) is 5.91 Å². The topological polar surface area (TPSA) is 97.5 Å². The highest BCUT2D eigenvalue weighted by atomic mass is 16.5. The van der Waals surface area contributed by atoms with E-state index in [1.165, 1.54) is 7.11 Å². The molecule has 0 unspecified atom stereocenters. The maximum atomic E-state index is 12.3. The van der Waals surface area contributed by atoms with Gasteiger partial charge < -0.3 is 19.8 Å². The fraction of sp³-hybridized carbons (Fsp3) is 0.350. The zero-order valence-electron chi connectivity index (χ0n) is 16.1. The van der Waals surface area contributed by atoms with E-state index in [0.29, 0.717) is 16.8 Å². The Balaban J connectivity index is 1.98. The van der Waals surface area contributed by atoms with Gasteiger partial charge in [0.1, 0.15) is 5.69 Å². The molecule has 1 atom stereocenters. The second kappa shape index (κ2) is 8.53. The van der Waals surface area contributed by atoms with E-state index in [-0.39, 0.29) is 11.7 Å². The number of nitrogens with one attached hydrogen (secondary N) is 2. The number of hydrogen-bond donors (Lipinski definition) is 2.